The van der Waals surface area contributed by atoms with Gasteiger partial charge < -0.3 is 0 Å². The minimum absolute atomic E-state index is 1.28. The van der Waals surface area contributed by atoms with E-state index in [1.54, 1.807) is 0 Å². The molecule has 2 aromatic heterocycles. The molecule has 0 aliphatic heterocycles. The second-order valence-electron chi connectivity index (χ2n) is 10.8. The molecule has 0 saturated heterocycles. The molecule has 0 bridgehead atoms. The van der Waals surface area contributed by atoms with Crippen LogP contribution in [0.15, 0.2) is 121 Å². The lowest BCUT2D eigenvalue weighted by molar-refractivity contribution is 1.70. The third-order valence-electron chi connectivity index (χ3n) is 8.77. The van der Waals surface area contributed by atoms with Gasteiger partial charge in [0, 0.05) is 51.6 Å². The van der Waals surface area contributed by atoms with Crippen LogP contribution in [-0.2, 0) is 0 Å². The van der Waals surface area contributed by atoms with Gasteiger partial charge >= 0.3 is 0 Å². The van der Waals surface area contributed by atoms with Crippen LogP contribution in [0.5, 0.6) is 0 Å². The average molecular weight is 541 g/mol. The monoisotopic (exact) mass is 540 g/mol. The Bertz CT molecular complexity index is 2540. The molecule has 0 nitrogen and oxygen atoms in total. The van der Waals surface area contributed by atoms with Gasteiger partial charge in [-0.1, -0.05) is 97.1 Å². The average Bonchev–Trinajstić information content (AvgIpc) is 3.68. The predicted octanol–water partition coefficient (Wildman–Crippen LogP) is 12.0. The number of fused-ring (bicyclic) bond motifs is 13. The summed E-state index contributed by atoms with van der Waals surface area (Å²) in [6, 6.07) is 45.3. The van der Waals surface area contributed by atoms with Gasteiger partial charge in [0.25, 0.3) is 0 Å². The Kier molecular flexibility index (Phi) is 4.04. The quantitative estimate of drug-likeness (QED) is 0.182. The lowest BCUT2D eigenvalue weighted by atomic mass is 9.94. The maximum Gasteiger partial charge on any atom is 0.0440 e. The Morgan fingerprint density at radius 2 is 1.15 bits per heavy atom. The molecule has 1 aliphatic rings. The van der Waals surface area contributed by atoms with Crippen LogP contribution in [0.4, 0.5) is 0 Å². The molecule has 0 saturated carbocycles. The fourth-order valence-corrected chi connectivity index (χ4v) is 9.61. The van der Waals surface area contributed by atoms with Crippen LogP contribution in [0.1, 0.15) is 0 Å². The second-order valence-corrected chi connectivity index (χ2v) is 12.9. The SMILES string of the molecule is c1cc2c3c(cc(-c4ccc5c(c4)sc4c6ccccc6c6ccccc6c54)cc3c1)-c1c-2sc2ccccc12. The van der Waals surface area contributed by atoms with E-state index in [0.29, 0.717) is 0 Å². The highest BCUT2D eigenvalue weighted by Gasteiger charge is 2.26. The zero-order valence-electron chi connectivity index (χ0n) is 21.4. The molecular weight excluding hydrogens is 521 g/mol. The van der Waals surface area contributed by atoms with Crippen molar-refractivity contribution in [3.05, 3.63) is 121 Å². The van der Waals surface area contributed by atoms with Gasteiger partial charge in [-0.2, -0.15) is 0 Å². The third kappa shape index (κ3) is 2.65. The first-order valence-corrected chi connectivity index (χ1v) is 15.3. The van der Waals surface area contributed by atoms with Gasteiger partial charge in [-0.15, -0.1) is 22.7 Å². The van der Waals surface area contributed by atoms with Crippen molar-refractivity contribution in [1.82, 2.24) is 0 Å². The number of benzene rings is 7. The van der Waals surface area contributed by atoms with E-state index in [2.05, 4.69) is 121 Å². The maximum absolute atomic E-state index is 2.44. The van der Waals surface area contributed by atoms with Crippen LogP contribution in [0.25, 0.3) is 95.3 Å². The maximum atomic E-state index is 2.44. The Morgan fingerprint density at radius 1 is 0.400 bits per heavy atom. The Hall–Kier alpha value is -4.50. The van der Waals surface area contributed by atoms with E-state index in [0.717, 1.165) is 0 Å². The summed E-state index contributed by atoms with van der Waals surface area (Å²) in [5.74, 6) is 0. The van der Waals surface area contributed by atoms with Gasteiger partial charge in [0.2, 0.25) is 0 Å². The summed E-state index contributed by atoms with van der Waals surface area (Å²) in [4.78, 5) is 1.41. The van der Waals surface area contributed by atoms with E-state index in [9.17, 15) is 0 Å². The van der Waals surface area contributed by atoms with Crippen LogP contribution in [0.2, 0.25) is 0 Å². The van der Waals surface area contributed by atoms with Crippen molar-refractivity contribution in [3.8, 4) is 32.7 Å². The van der Waals surface area contributed by atoms with Crippen molar-refractivity contribution in [2.45, 2.75) is 0 Å². The highest BCUT2D eigenvalue weighted by atomic mass is 32.1. The molecule has 10 rings (SSSR count). The van der Waals surface area contributed by atoms with Crippen LogP contribution in [-0.4, -0.2) is 0 Å². The smallest absolute Gasteiger partial charge is 0.0440 e. The van der Waals surface area contributed by atoms with Gasteiger partial charge in [-0.25, -0.2) is 0 Å². The largest absolute Gasteiger partial charge is 0.135 e. The predicted molar refractivity (Wildman–Crippen MR) is 177 cm³/mol. The zero-order valence-corrected chi connectivity index (χ0v) is 23.0. The summed E-state index contributed by atoms with van der Waals surface area (Å²) in [7, 11) is 0. The van der Waals surface area contributed by atoms with E-state index >= 15 is 0 Å². The lowest BCUT2D eigenvalue weighted by Crippen LogP contribution is -1.83. The fraction of sp³-hybridized carbons (Fsp3) is 0. The molecule has 0 amide bonds. The fourth-order valence-electron chi connectivity index (χ4n) is 7.07. The number of rotatable bonds is 1. The highest BCUT2D eigenvalue weighted by molar-refractivity contribution is 7.27. The van der Waals surface area contributed by atoms with Gasteiger partial charge in [-0.05, 0) is 67.9 Å². The zero-order chi connectivity index (χ0) is 25.9. The number of thiophene rings is 2. The third-order valence-corrected chi connectivity index (χ3v) is 11.2. The molecule has 40 heavy (non-hydrogen) atoms. The summed E-state index contributed by atoms with van der Waals surface area (Å²) in [5, 5.41) is 12.2. The molecule has 7 aromatic carbocycles. The molecule has 0 radical (unpaired) electrons. The molecule has 184 valence electrons. The van der Waals surface area contributed by atoms with E-state index in [4.69, 9.17) is 0 Å². The molecule has 0 spiro atoms. The normalized spacial score (nSPS) is 12.5. The molecule has 2 heterocycles. The van der Waals surface area contributed by atoms with E-state index in [1.807, 2.05) is 22.7 Å². The molecule has 0 fully saturated rings. The summed E-state index contributed by atoms with van der Waals surface area (Å²) in [5.41, 5.74) is 6.74. The highest BCUT2D eigenvalue weighted by Crippen LogP contribution is 2.55. The van der Waals surface area contributed by atoms with Crippen LogP contribution in [0, 0.1) is 0 Å². The van der Waals surface area contributed by atoms with Gasteiger partial charge in [0.15, 0.2) is 0 Å². The molecule has 9 aromatic rings. The standard InChI is InChI=1S/C38H20S2/c1-3-11-26-24(9-1)25-10-2-4-12-27(25)37-35(26)29-17-16-21(20-33(29)40-37)23-18-22-8-7-14-30-34(22)31(19-23)36-28-13-5-6-15-32(28)39-38(30)36/h1-20H. The van der Waals surface area contributed by atoms with Gasteiger partial charge in [0.05, 0.1) is 0 Å². The minimum Gasteiger partial charge on any atom is -0.135 e. The molecule has 0 atom stereocenters. The molecule has 1 aliphatic carbocycles. The van der Waals surface area contributed by atoms with E-state index in [1.165, 1.54) is 95.3 Å². The summed E-state index contributed by atoms with van der Waals surface area (Å²) < 4.78 is 4.10. The van der Waals surface area contributed by atoms with Crippen LogP contribution >= 0.6 is 22.7 Å². The Labute approximate surface area is 238 Å². The number of hydrogen-bond acceptors (Lipinski definition) is 2. The molecular formula is C38H20S2. The van der Waals surface area contributed by atoms with Crippen molar-refractivity contribution in [1.29, 1.82) is 0 Å². The van der Waals surface area contributed by atoms with E-state index in [-0.39, 0.29) is 0 Å². The first-order valence-electron chi connectivity index (χ1n) is 13.7. The second kappa shape index (κ2) is 7.57. The first kappa shape index (κ1) is 21.3. The Balaban J connectivity index is 1.26. The minimum atomic E-state index is 1.28. The van der Waals surface area contributed by atoms with Crippen molar-refractivity contribution in [2.24, 2.45) is 0 Å². The van der Waals surface area contributed by atoms with Crippen molar-refractivity contribution >= 4 is 85.2 Å². The topological polar surface area (TPSA) is 0 Å². The van der Waals surface area contributed by atoms with Crippen LogP contribution < -0.4 is 0 Å². The first-order chi connectivity index (χ1) is 19.8. The van der Waals surface area contributed by atoms with E-state index < -0.39 is 0 Å². The summed E-state index contributed by atoms with van der Waals surface area (Å²) in [6.45, 7) is 0. The molecule has 0 N–H and O–H groups in total. The summed E-state index contributed by atoms with van der Waals surface area (Å²) in [6.07, 6.45) is 0. The van der Waals surface area contributed by atoms with Gasteiger partial charge in [-0.3, -0.25) is 0 Å². The Morgan fingerprint density at radius 3 is 2.02 bits per heavy atom. The number of hydrogen-bond donors (Lipinski definition) is 0. The summed E-state index contributed by atoms with van der Waals surface area (Å²) >= 11 is 3.86. The molecule has 2 heteroatoms. The molecule has 0 unspecified atom stereocenters. The van der Waals surface area contributed by atoms with Crippen LogP contribution in [0.3, 0.4) is 0 Å². The van der Waals surface area contributed by atoms with Gasteiger partial charge in [0.1, 0.15) is 0 Å². The lowest BCUT2D eigenvalue weighted by Gasteiger charge is -2.09. The van der Waals surface area contributed by atoms with Crippen molar-refractivity contribution < 1.29 is 0 Å². The van der Waals surface area contributed by atoms with Crippen molar-refractivity contribution in [3.63, 3.8) is 0 Å². The van der Waals surface area contributed by atoms with Crippen molar-refractivity contribution in [2.75, 3.05) is 0 Å².